The van der Waals surface area contributed by atoms with E-state index < -0.39 is 0 Å². The number of thiazole rings is 1. The van der Waals surface area contributed by atoms with Crippen LogP contribution in [0.1, 0.15) is 4.88 Å². The Morgan fingerprint density at radius 2 is 1.74 bits per heavy atom. The van der Waals surface area contributed by atoms with Gasteiger partial charge in [0, 0.05) is 14.9 Å². The van der Waals surface area contributed by atoms with Crippen molar-refractivity contribution in [3.8, 4) is 33.3 Å². The predicted octanol–water partition coefficient (Wildman–Crippen LogP) is 5.57. The number of halogens is 1. The van der Waals surface area contributed by atoms with Gasteiger partial charge in [0.15, 0.2) is 11.5 Å². The molecule has 1 aromatic heterocycles. The van der Waals surface area contributed by atoms with E-state index in [1.165, 1.54) is 4.88 Å². The molecule has 0 saturated heterocycles. The van der Waals surface area contributed by atoms with E-state index in [9.17, 15) is 0 Å². The van der Waals surface area contributed by atoms with Gasteiger partial charge in [-0.1, -0.05) is 34.1 Å². The van der Waals surface area contributed by atoms with Gasteiger partial charge >= 0.3 is 0 Å². The molecule has 0 bridgehead atoms. The molecule has 0 amide bonds. The first-order valence-electron chi connectivity index (χ1n) is 7.08. The number of aromatic nitrogens is 1. The lowest BCUT2D eigenvalue weighted by Gasteiger charge is -2.10. The summed E-state index contributed by atoms with van der Waals surface area (Å²) in [5.41, 5.74) is 3.06. The molecule has 3 nitrogen and oxygen atoms in total. The lowest BCUT2D eigenvalue weighted by molar-refractivity contribution is 0.356. The van der Waals surface area contributed by atoms with Gasteiger partial charge in [0.05, 0.1) is 25.5 Å². The Bertz CT molecular complexity index is 828. The third-order valence-corrected chi connectivity index (χ3v) is 5.08. The standard InChI is InChI=1S/C18H16BrNO2S/c1-11-16(12-7-9-13(19)10-8-12)20-18(23-11)14-5-4-6-15(21-2)17(14)22-3/h4-10H,1-3H3. The van der Waals surface area contributed by atoms with E-state index in [0.717, 1.165) is 26.3 Å². The molecule has 3 rings (SSSR count). The lowest BCUT2D eigenvalue weighted by atomic mass is 10.1. The monoisotopic (exact) mass is 389 g/mol. The van der Waals surface area contributed by atoms with Crippen LogP contribution in [-0.4, -0.2) is 19.2 Å². The fourth-order valence-electron chi connectivity index (χ4n) is 2.44. The van der Waals surface area contributed by atoms with E-state index in [1.54, 1.807) is 25.6 Å². The molecule has 0 saturated carbocycles. The average molecular weight is 390 g/mol. The minimum atomic E-state index is 0.711. The molecule has 0 aliphatic carbocycles. The Labute approximate surface area is 148 Å². The summed E-state index contributed by atoms with van der Waals surface area (Å²) in [6.45, 7) is 2.09. The summed E-state index contributed by atoms with van der Waals surface area (Å²) in [4.78, 5) is 6.00. The first-order chi connectivity index (χ1) is 11.1. The van der Waals surface area contributed by atoms with Crippen molar-refractivity contribution in [3.05, 3.63) is 51.8 Å². The number of aryl methyl sites for hydroxylation is 1. The van der Waals surface area contributed by atoms with Crippen molar-refractivity contribution in [1.29, 1.82) is 0 Å². The first-order valence-corrected chi connectivity index (χ1v) is 8.69. The van der Waals surface area contributed by atoms with E-state index in [1.807, 2.05) is 30.3 Å². The fourth-order valence-corrected chi connectivity index (χ4v) is 3.66. The van der Waals surface area contributed by atoms with Gasteiger partial charge in [0.25, 0.3) is 0 Å². The SMILES string of the molecule is COc1cccc(-c2nc(-c3ccc(Br)cc3)c(C)s2)c1OC. The van der Waals surface area contributed by atoms with E-state index in [4.69, 9.17) is 14.5 Å². The summed E-state index contributed by atoms with van der Waals surface area (Å²) in [6, 6.07) is 14.0. The molecule has 0 aliphatic rings. The second-order valence-electron chi connectivity index (χ2n) is 4.97. The van der Waals surface area contributed by atoms with E-state index >= 15 is 0 Å². The van der Waals surface area contributed by atoms with Crippen molar-refractivity contribution in [3.63, 3.8) is 0 Å². The van der Waals surface area contributed by atoms with Gasteiger partial charge in [0.2, 0.25) is 0 Å². The molecular weight excluding hydrogens is 374 g/mol. The molecule has 0 atom stereocenters. The topological polar surface area (TPSA) is 31.4 Å². The van der Waals surface area contributed by atoms with Crippen LogP contribution in [-0.2, 0) is 0 Å². The molecule has 3 aromatic rings. The Kier molecular flexibility index (Phi) is 4.68. The van der Waals surface area contributed by atoms with Crippen LogP contribution in [0.5, 0.6) is 11.5 Å². The Morgan fingerprint density at radius 3 is 2.39 bits per heavy atom. The number of hydrogen-bond acceptors (Lipinski definition) is 4. The van der Waals surface area contributed by atoms with Gasteiger partial charge < -0.3 is 9.47 Å². The zero-order valence-corrected chi connectivity index (χ0v) is 15.5. The molecule has 2 aromatic carbocycles. The molecule has 0 fully saturated rings. The molecule has 5 heteroatoms. The maximum absolute atomic E-state index is 5.53. The summed E-state index contributed by atoms with van der Waals surface area (Å²) in [5.74, 6) is 1.43. The van der Waals surface area contributed by atoms with Gasteiger partial charge in [-0.25, -0.2) is 4.98 Å². The smallest absolute Gasteiger partial charge is 0.170 e. The molecule has 118 valence electrons. The van der Waals surface area contributed by atoms with Gasteiger partial charge in [-0.3, -0.25) is 0 Å². The highest BCUT2D eigenvalue weighted by molar-refractivity contribution is 9.10. The number of para-hydroxylation sites is 1. The number of ether oxygens (including phenoxy) is 2. The van der Waals surface area contributed by atoms with Crippen molar-refractivity contribution in [2.24, 2.45) is 0 Å². The van der Waals surface area contributed by atoms with Crippen molar-refractivity contribution in [1.82, 2.24) is 4.98 Å². The average Bonchev–Trinajstić information content (AvgIpc) is 2.96. The molecule has 0 unspecified atom stereocenters. The quantitative estimate of drug-likeness (QED) is 0.584. The van der Waals surface area contributed by atoms with Gasteiger partial charge in [0.1, 0.15) is 5.01 Å². The Morgan fingerprint density at radius 1 is 1.00 bits per heavy atom. The van der Waals surface area contributed by atoms with Gasteiger partial charge in [-0.15, -0.1) is 11.3 Å². The summed E-state index contributed by atoms with van der Waals surface area (Å²) in [6.07, 6.45) is 0. The van der Waals surface area contributed by atoms with Crippen LogP contribution in [0.2, 0.25) is 0 Å². The lowest BCUT2D eigenvalue weighted by Crippen LogP contribution is -1.92. The zero-order valence-electron chi connectivity index (χ0n) is 13.1. The van der Waals surface area contributed by atoms with Crippen molar-refractivity contribution in [2.45, 2.75) is 6.92 Å². The normalized spacial score (nSPS) is 10.6. The molecule has 23 heavy (non-hydrogen) atoms. The van der Waals surface area contributed by atoms with Crippen LogP contribution in [0.3, 0.4) is 0 Å². The maximum atomic E-state index is 5.53. The molecule has 0 aliphatic heterocycles. The van der Waals surface area contributed by atoms with Crippen LogP contribution in [0, 0.1) is 6.92 Å². The number of benzene rings is 2. The minimum Gasteiger partial charge on any atom is -0.493 e. The second kappa shape index (κ2) is 6.72. The highest BCUT2D eigenvalue weighted by Crippen LogP contribution is 2.41. The Balaban J connectivity index is 2.09. The predicted molar refractivity (Wildman–Crippen MR) is 98.5 cm³/mol. The number of hydrogen-bond donors (Lipinski definition) is 0. The van der Waals surface area contributed by atoms with Crippen LogP contribution in [0.15, 0.2) is 46.9 Å². The fraction of sp³-hybridized carbons (Fsp3) is 0.167. The minimum absolute atomic E-state index is 0.711. The third kappa shape index (κ3) is 3.12. The van der Waals surface area contributed by atoms with Crippen LogP contribution in [0.25, 0.3) is 21.8 Å². The molecule has 0 N–H and O–H groups in total. The van der Waals surface area contributed by atoms with E-state index in [0.29, 0.717) is 11.5 Å². The molecule has 1 heterocycles. The summed E-state index contributed by atoms with van der Waals surface area (Å²) < 4.78 is 12.0. The maximum Gasteiger partial charge on any atom is 0.170 e. The van der Waals surface area contributed by atoms with Crippen molar-refractivity contribution < 1.29 is 9.47 Å². The second-order valence-corrected chi connectivity index (χ2v) is 7.09. The number of nitrogens with zero attached hydrogens (tertiary/aromatic N) is 1. The van der Waals surface area contributed by atoms with Crippen molar-refractivity contribution in [2.75, 3.05) is 14.2 Å². The number of rotatable bonds is 4. The highest BCUT2D eigenvalue weighted by atomic mass is 79.9. The van der Waals surface area contributed by atoms with E-state index in [-0.39, 0.29) is 0 Å². The van der Waals surface area contributed by atoms with Crippen LogP contribution in [0.4, 0.5) is 0 Å². The largest absolute Gasteiger partial charge is 0.493 e. The molecule has 0 spiro atoms. The van der Waals surface area contributed by atoms with E-state index in [2.05, 4.69) is 35.0 Å². The van der Waals surface area contributed by atoms with Crippen molar-refractivity contribution >= 4 is 27.3 Å². The molecule has 0 radical (unpaired) electrons. The summed E-state index contributed by atoms with van der Waals surface area (Å²) in [5, 5.41) is 0.927. The Hall–Kier alpha value is -1.85. The third-order valence-electron chi connectivity index (χ3n) is 3.55. The van der Waals surface area contributed by atoms with Gasteiger partial charge in [-0.05, 0) is 31.2 Å². The zero-order chi connectivity index (χ0) is 16.4. The highest BCUT2D eigenvalue weighted by Gasteiger charge is 2.17. The van der Waals surface area contributed by atoms with Crippen LogP contribution >= 0.6 is 27.3 Å². The first kappa shape index (κ1) is 16.0. The summed E-state index contributed by atoms with van der Waals surface area (Å²) >= 11 is 5.12. The number of methoxy groups -OCH3 is 2. The summed E-state index contributed by atoms with van der Waals surface area (Å²) in [7, 11) is 3.29. The van der Waals surface area contributed by atoms with Gasteiger partial charge in [-0.2, -0.15) is 0 Å². The van der Waals surface area contributed by atoms with Crippen LogP contribution < -0.4 is 9.47 Å². The molecular formula is C18H16BrNO2S.